The molecule has 0 aliphatic rings. The maximum atomic E-state index is 5.99. The van der Waals surface area contributed by atoms with Gasteiger partial charge in [-0.25, -0.2) is 0 Å². The summed E-state index contributed by atoms with van der Waals surface area (Å²) in [5, 5.41) is 3.44. The smallest absolute Gasteiger partial charge is 0.121 e. The Bertz CT molecular complexity index is 846. The van der Waals surface area contributed by atoms with Crippen molar-refractivity contribution in [1.29, 1.82) is 0 Å². The largest absolute Gasteiger partial charge is 0.494 e. The maximum absolute atomic E-state index is 5.99. The fraction of sp³-hybridized carbons (Fsp3) is 0.308. The van der Waals surface area contributed by atoms with Crippen LogP contribution in [0.5, 0.6) is 11.5 Å². The molecule has 0 amide bonds. The van der Waals surface area contributed by atoms with Crippen molar-refractivity contribution in [2.24, 2.45) is 0 Å². The van der Waals surface area contributed by atoms with Crippen molar-refractivity contribution in [3.63, 3.8) is 0 Å². The fourth-order valence-corrected chi connectivity index (χ4v) is 3.15. The Morgan fingerprint density at radius 3 is 2.38 bits per heavy atom. The SMILES string of the molecule is CCc1ccc(OC(C)CNc2cccc(OCCCc3ccccc3)c2)cc1. The van der Waals surface area contributed by atoms with Crippen LogP contribution in [0.2, 0.25) is 0 Å². The van der Waals surface area contributed by atoms with Crippen LogP contribution in [-0.4, -0.2) is 19.3 Å². The summed E-state index contributed by atoms with van der Waals surface area (Å²) in [6.45, 7) is 5.67. The van der Waals surface area contributed by atoms with E-state index in [0.29, 0.717) is 6.61 Å². The average Bonchev–Trinajstić information content (AvgIpc) is 2.77. The molecule has 0 spiro atoms. The highest BCUT2D eigenvalue weighted by atomic mass is 16.5. The van der Waals surface area contributed by atoms with E-state index in [9.17, 15) is 0 Å². The van der Waals surface area contributed by atoms with Crippen LogP contribution < -0.4 is 14.8 Å². The number of hydrogen-bond donors (Lipinski definition) is 1. The van der Waals surface area contributed by atoms with Gasteiger partial charge in [-0.15, -0.1) is 0 Å². The van der Waals surface area contributed by atoms with E-state index in [1.165, 1.54) is 11.1 Å². The molecule has 152 valence electrons. The van der Waals surface area contributed by atoms with Gasteiger partial charge in [0.1, 0.15) is 17.6 Å². The second-order valence-electron chi connectivity index (χ2n) is 7.27. The molecule has 0 saturated carbocycles. The van der Waals surface area contributed by atoms with Gasteiger partial charge in [-0.3, -0.25) is 0 Å². The van der Waals surface area contributed by atoms with Crippen molar-refractivity contribution < 1.29 is 9.47 Å². The number of anilines is 1. The Labute approximate surface area is 174 Å². The zero-order chi connectivity index (χ0) is 20.3. The highest BCUT2D eigenvalue weighted by Gasteiger charge is 2.05. The summed E-state index contributed by atoms with van der Waals surface area (Å²) in [6.07, 6.45) is 3.15. The van der Waals surface area contributed by atoms with Gasteiger partial charge >= 0.3 is 0 Å². The molecule has 0 radical (unpaired) electrons. The van der Waals surface area contributed by atoms with E-state index in [1.54, 1.807) is 0 Å². The standard InChI is InChI=1S/C26H31NO2/c1-3-22-14-16-25(17-15-22)29-21(2)20-27-24-12-7-13-26(19-24)28-18-8-11-23-9-5-4-6-10-23/h4-7,9-10,12-17,19,21,27H,3,8,11,18,20H2,1-2H3. The molecule has 0 fully saturated rings. The van der Waals surface area contributed by atoms with Gasteiger partial charge in [0.25, 0.3) is 0 Å². The fourth-order valence-electron chi connectivity index (χ4n) is 3.15. The molecule has 3 aromatic carbocycles. The summed E-state index contributed by atoms with van der Waals surface area (Å²) in [5.74, 6) is 1.80. The van der Waals surface area contributed by atoms with E-state index < -0.39 is 0 Å². The van der Waals surface area contributed by atoms with Gasteiger partial charge in [-0.1, -0.05) is 55.5 Å². The second kappa shape index (κ2) is 11.2. The zero-order valence-corrected chi connectivity index (χ0v) is 17.4. The number of benzene rings is 3. The van der Waals surface area contributed by atoms with E-state index in [2.05, 4.69) is 61.6 Å². The lowest BCUT2D eigenvalue weighted by Gasteiger charge is -2.17. The Morgan fingerprint density at radius 2 is 1.62 bits per heavy atom. The number of hydrogen-bond acceptors (Lipinski definition) is 3. The van der Waals surface area contributed by atoms with Gasteiger partial charge in [-0.05, 0) is 61.6 Å². The zero-order valence-electron chi connectivity index (χ0n) is 17.4. The molecule has 3 nitrogen and oxygen atoms in total. The third-order valence-electron chi connectivity index (χ3n) is 4.82. The summed E-state index contributed by atoms with van der Waals surface area (Å²) in [4.78, 5) is 0. The molecule has 0 aromatic heterocycles. The van der Waals surface area contributed by atoms with Gasteiger partial charge in [0, 0.05) is 11.8 Å². The molecule has 3 rings (SSSR count). The van der Waals surface area contributed by atoms with Gasteiger partial charge in [0.05, 0.1) is 13.2 Å². The van der Waals surface area contributed by atoms with Gasteiger partial charge < -0.3 is 14.8 Å². The first kappa shape index (κ1) is 20.8. The number of aryl methyl sites for hydroxylation is 2. The Morgan fingerprint density at radius 1 is 0.828 bits per heavy atom. The highest BCUT2D eigenvalue weighted by Crippen LogP contribution is 2.19. The lowest BCUT2D eigenvalue weighted by Crippen LogP contribution is -2.22. The average molecular weight is 390 g/mol. The molecule has 3 heteroatoms. The minimum Gasteiger partial charge on any atom is -0.494 e. The first-order chi connectivity index (χ1) is 14.2. The number of nitrogens with one attached hydrogen (secondary N) is 1. The van der Waals surface area contributed by atoms with Crippen LogP contribution in [0, 0.1) is 0 Å². The molecule has 0 aliphatic carbocycles. The molecule has 0 heterocycles. The van der Waals surface area contributed by atoms with Gasteiger partial charge in [0.15, 0.2) is 0 Å². The molecular formula is C26H31NO2. The molecule has 1 N–H and O–H groups in total. The van der Waals surface area contributed by atoms with Crippen LogP contribution in [0.3, 0.4) is 0 Å². The summed E-state index contributed by atoms with van der Waals surface area (Å²) in [7, 11) is 0. The predicted molar refractivity (Wildman–Crippen MR) is 121 cm³/mol. The molecule has 3 aromatic rings. The lowest BCUT2D eigenvalue weighted by molar-refractivity contribution is 0.234. The van der Waals surface area contributed by atoms with Crippen LogP contribution in [0.25, 0.3) is 0 Å². The summed E-state index contributed by atoms with van der Waals surface area (Å²) in [6, 6.07) is 27.0. The van der Waals surface area contributed by atoms with Crippen LogP contribution >= 0.6 is 0 Å². The Balaban J connectivity index is 1.40. The normalized spacial score (nSPS) is 11.7. The van der Waals surface area contributed by atoms with E-state index in [-0.39, 0.29) is 6.10 Å². The molecule has 0 bridgehead atoms. The van der Waals surface area contributed by atoms with Crippen LogP contribution in [-0.2, 0) is 12.8 Å². The van der Waals surface area contributed by atoms with Gasteiger partial charge in [0.2, 0.25) is 0 Å². The van der Waals surface area contributed by atoms with Crippen molar-refractivity contribution >= 4 is 5.69 Å². The van der Waals surface area contributed by atoms with E-state index >= 15 is 0 Å². The minimum absolute atomic E-state index is 0.0675. The monoisotopic (exact) mass is 389 g/mol. The summed E-state index contributed by atoms with van der Waals surface area (Å²) < 4.78 is 11.9. The molecule has 0 saturated heterocycles. The molecular weight excluding hydrogens is 358 g/mol. The summed E-state index contributed by atoms with van der Waals surface area (Å²) in [5.41, 5.74) is 3.72. The molecule has 1 unspecified atom stereocenters. The molecule has 0 aliphatic heterocycles. The van der Waals surface area contributed by atoms with E-state index in [1.807, 2.05) is 36.4 Å². The minimum atomic E-state index is 0.0675. The topological polar surface area (TPSA) is 30.5 Å². The van der Waals surface area contributed by atoms with Crippen LogP contribution in [0.1, 0.15) is 31.4 Å². The van der Waals surface area contributed by atoms with Crippen LogP contribution in [0.15, 0.2) is 78.9 Å². The van der Waals surface area contributed by atoms with E-state index in [0.717, 1.165) is 43.0 Å². The Kier molecular flexibility index (Phi) is 8.00. The third-order valence-corrected chi connectivity index (χ3v) is 4.82. The number of ether oxygens (including phenoxy) is 2. The molecule has 1 atom stereocenters. The third kappa shape index (κ3) is 7.19. The lowest BCUT2D eigenvalue weighted by atomic mass is 10.1. The van der Waals surface area contributed by atoms with Gasteiger partial charge in [-0.2, -0.15) is 0 Å². The first-order valence-corrected chi connectivity index (χ1v) is 10.5. The van der Waals surface area contributed by atoms with Crippen LogP contribution in [0.4, 0.5) is 5.69 Å². The maximum Gasteiger partial charge on any atom is 0.121 e. The van der Waals surface area contributed by atoms with Crippen molar-refractivity contribution in [3.05, 3.63) is 90.0 Å². The first-order valence-electron chi connectivity index (χ1n) is 10.5. The van der Waals surface area contributed by atoms with Crippen molar-refractivity contribution in [1.82, 2.24) is 0 Å². The predicted octanol–water partition coefficient (Wildman–Crippen LogP) is 6.14. The highest BCUT2D eigenvalue weighted by molar-refractivity contribution is 5.48. The Hall–Kier alpha value is -2.94. The van der Waals surface area contributed by atoms with Crippen molar-refractivity contribution in [2.45, 2.75) is 39.2 Å². The van der Waals surface area contributed by atoms with E-state index in [4.69, 9.17) is 9.47 Å². The number of rotatable bonds is 11. The second-order valence-corrected chi connectivity index (χ2v) is 7.27. The summed E-state index contributed by atoms with van der Waals surface area (Å²) >= 11 is 0. The molecule has 29 heavy (non-hydrogen) atoms. The van der Waals surface area contributed by atoms with Crippen molar-refractivity contribution in [2.75, 3.05) is 18.5 Å². The quantitative estimate of drug-likeness (QED) is 0.400. The van der Waals surface area contributed by atoms with Crippen molar-refractivity contribution in [3.8, 4) is 11.5 Å².